The van der Waals surface area contributed by atoms with Crippen molar-refractivity contribution < 1.29 is 8.42 Å². The molecule has 1 aliphatic rings. The zero-order chi connectivity index (χ0) is 15.6. The van der Waals surface area contributed by atoms with Gasteiger partial charge < -0.3 is 5.32 Å². The van der Waals surface area contributed by atoms with Gasteiger partial charge in [0.25, 0.3) is 0 Å². The standard InChI is InChI=1S/C16H21N3O2S.ClH/c1-17-11-15-8-4-10-19(15)22(20,21)12-14-6-2-5-13-7-3-9-18-16(13)14;/h2-3,5-7,9,15,17H,4,8,10-12H2,1H3;1H. The number of fused-ring (bicyclic) bond motifs is 1. The Labute approximate surface area is 143 Å². The molecule has 0 aliphatic carbocycles. The van der Waals surface area contributed by atoms with E-state index in [1.54, 1.807) is 10.5 Å². The second-order valence-electron chi connectivity index (χ2n) is 5.71. The molecule has 23 heavy (non-hydrogen) atoms. The highest BCUT2D eigenvalue weighted by molar-refractivity contribution is 7.88. The minimum absolute atomic E-state index is 0. The highest BCUT2D eigenvalue weighted by Gasteiger charge is 2.33. The lowest BCUT2D eigenvalue weighted by molar-refractivity contribution is 0.378. The lowest BCUT2D eigenvalue weighted by atomic mass is 10.1. The lowest BCUT2D eigenvalue weighted by Gasteiger charge is -2.24. The summed E-state index contributed by atoms with van der Waals surface area (Å²) in [7, 11) is -1.46. The van der Waals surface area contributed by atoms with E-state index in [0.29, 0.717) is 13.1 Å². The normalized spacial score (nSPS) is 18.9. The van der Waals surface area contributed by atoms with E-state index in [4.69, 9.17) is 0 Å². The van der Waals surface area contributed by atoms with E-state index in [-0.39, 0.29) is 24.2 Å². The van der Waals surface area contributed by atoms with Crippen LogP contribution in [0.25, 0.3) is 10.9 Å². The maximum absolute atomic E-state index is 12.8. The quantitative estimate of drug-likeness (QED) is 0.892. The van der Waals surface area contributed by atoms with Crippen molar-refractivity contribution in [2.45, 2.75) is 24.6 Å². The SMILES string of the molecule is CNCC1CCCN1S(=O)(=O)Cc1cccc2cccnc12.Cl. The zero-order valence-corrected chi connectivity index (χ0v) is 14.7. The van der Waals surface area contributed by atoms with Gasteiger partial charge in [0.05, 0.1) is 11.3 Å². The molecule has 0 amide bonds. The van der Waals surface area contributed by atoms with Crippen LogP contribution in [0.1, 0.15) is 18.4 Å². The van der Waals surface area contributed by atoms with Crippen molar-refractivity contribution in [3.8, 4) is 0 Å². The third-order valence-corrected chi connectivity index (χ3v) is 6.05. The number of hydrogen-bond donors (Lipinski definition) is 1. The summed E-state index contributed by atoms with van der Waals surface area (Å²) in [6.07, 6.45) is 3.56. The second kappa shape index (κ2) is 7.57. The van der Waals surface area contributed by atoms with Crippen LogP contribution in [0.2, 0.25) is 0 Å². The molecule has 1 saturated heterocycles. The summed E-state index contributed by atoms with van der Waals surface area (Å²) in [6, 6.07) is 9.60. The number of pyridine rings is 1. The number of likely N-dealkylation sites (N-methyl/N-ethyl adjacent to an activating group) is 1. The Kier molecular flexibility index (Phi) is 5.97. The van der Waals surface area contributed by atoms with Crippen molar-refractivity contribution in [1.29, 1.82) is 0 Å². The number of halogens is 1. The third kappa shape index (κ3) is 3.83. The molecular formula is C16H22ClN3O2S. The first-order chi connectivity index (χ1) is 10.6. The molecule has 1 fully saturated rings. The molecule has 0 radical (unpaired) electrons. The maximum atomic E-state index is 12.8. The van der Waals surface area contributed by atoms with Gasteiger partial charge in [-0.25, -0.2) is 8.42 Å². The van der Waals surface area contributed by atoms with Crippen LogP contribution >= 0.6 is 12.4 Å². The highest BCUT2D eigenvalue weighted by Crippen LogP contribution is 2.25. The first kappa shape index (κ1) is 18.1. The topological polar surface area (TPSA) is 62.3 Å². The van der Waals surface area contributed by atoms with Crippen LogP contribution in [-0.2, 0) is 15.8 Å². The molecule has 2 aromatic rings. The van der Waals surface area contributed by atoms with Crippen LogP contribution in [0.3, 0.4) is 0 Å². The monoisotopic (exact) mass is 355 g/mol. The molecule has 3 rings (SSSR count). The number of nitrogens with zero attached hydrogens (tertiary/aromatic N) is 2. The van der Waals surface area contributed by atoms with E-state index in [2.05, 4.69) is 10.3 Å². The van der Waals surface area contributed by atoms with Gasteiger partial charge in [-0.1, -0.05) is 24.3 Å². The molecular weight excluding hydrogens is 334 g/mol. The average Bonchev–Trinajstić information content (AvgIpc) is 2.97. The van der Waals surface area contributed by atoms with E-state index >= 15 is 0 Å². The van der Waals surface area contributed by atoms with Crippen molar-refractivity contribution in [3.63, 3.8) is 0 Å². The van der Waals surface area contributed by atoms with Gasteiger partial charge in [0, 0.05) is 30.7 Å². The van der Waals surface area contributed by atoms with Gasteiger partial charge in [-0.05, 0) is 31.5 Å². The van der Waals surface area contributed by atoms with Crippen molar-refractivity contribution in [2.24, 2.45) is 0 Å². The Hall–Kier alpha value is -1.21. The van der Waals surface area contributed by atoms with Crippen molar-refractivity contribution in [1.82, 2.24) is 14.6 Å². The number of rotatable bonds is 5. The summed E-state index contributed by atoms with van der Waals surface area (Å²) in [5.74, 6) is 0.0154. The molecule has 1 N–H and O–H groups in total. The molecule has 1 atom stereocenters. The number of para-hydroxylation sites is 1. The van der Waals surface area contributed by atoms with Gasteiger partial charge in [0.1, 0.15) is 0 Å². The number of hydrogen-bond acceptors (Lipinski definition) is 4. The predicted molar refractivity (Wildman–Crippen MR) is 95.3 cm³/mol. The summed E-state index contributed by atoms with van der Waals surface area (Å²) < 4.78 is 27.3. The molecule has 0 spiro atoms. The Morgan fingerprint density at radius 1 is 1.30 bits per heavy atom. The number of benzene rings is 1. The van der Waals surface area contributed by atoms with Gasteiger partial charge >= 0.3 is 0 Å². The Morgan fingerprint density at radius 2 is 2.09 bits per heavy atom. The maximum Gasteiger partial charge on any atom is 0.218 e. The van der Waals surface area contributed by atoms with E-state index in [0.717, 1.165) is 29.3 Å². The van der Waals surface area contributed by atoms with Gasteiger partial charge in [-0.2, -0.15) is 4.31 Å². The molecule has 1 aromatic heterocycles. The minimum atomic E-state index is -3.32. The fourth-order valence-corrected chi connectivity index (χ4v) is 5.01. The summed E-state index contributed by atoms with van der Waals surface area (Å²) in [6.45, 7) is 1.32. The highest BCUT2D eigenvalue weighted by atomic mass is 35.5. The fraction of sp³-hybridized carbons (Fsp3) is 0.438. The molecule has 0 saturated carbocycles. The molecule has 2 heterocycles. The van der Waals surface area contributed by atoms with E-state index in [9.17, 15) is 8.42 Å². The number of sulfonamides is 1. The smallest absolute Gasteiger partial charge is 0.218 e. The molecule has 1 aliphatic heterocycles. The third-order valence-electron chi connectivity index (χ3n) is 4.17. The van der Waals surface area contributed by atoms with Gasteiger partial charge in [0.15, 0.2) is 0 Å². The van der Waals surface area contributed by atoms with Crippen LogP contribution in [0.5, 0.6) is 0 Å². The zero-order valence-electron chi connectivity index (χ0n) is 13.1. The fourth-order valence-electron chi connectivity index (χ4n) is 3.18. The van der Waals surface area contributed by atoms with Crippen LogP contribution in [0, 0.1) is 0 Å². The molecule has 1 aromatic carbocycles. The molecule has 5 nitrogen and oxygen atoms in total. The Bertz CT molecular complexity index is 762. The molecule has 0 bridgehead atoms. The van der Waals surface area contributed by atoms with Crippen molar-refractivity contribution >= 4 is 33.3 Å². The predicted octanol–water partition coefficient (Wildman–Crippen LogP) is 2.17. The Morgan fingerprint density at radius 3 is 2.87 bits per heavy atom. The van der Waals surface area contributed by atoms with Crippen LogP contribution in [0.4, 0.5) is 0 Å². The van der Waals surface area contributed by atoms with Gasteiger partial charge in [-0.3, -0.25) is 4.98 Å². The summed E-state index contributed by atoms with van der Waals surface area (Å²) in [5, 5.41) is 4.06. The van der Waals surface area contributed by atoms with Crippen LogP contribution in [-0.4, -0.2) is 43.9 Å². The van der Waals surface area contributed by atoms with E-state index < -0.39 is 10.0 Å². The molecule has 1 unspecified atom stereocenters. The van der Waals surface area contributed by atoms with Crippen molar-refractivity contribution in [2.75, 3.05) is 20.1 Å². The first-order valence-electron chi connectivity index (χ1n) is 7.58. The number of aromatic nitrogens is 1. The summed E-state index contributed by atoms with van der Waals surface area (Å²) in [4.78, 5) is 4.35. The Balaban J connectivity index is 0.00000192. The van der Waals surface area contributed by atoms with Gasteiger partial charge in [0.2, 0.25) is 10.0 Å². The summed E-state index contributed by atoms with van der Waals surface area (Å²) in [5.41, 5.74) is 1.55. The first-order valence-corrected chi connectivity index (χ1v) is 9.19. The van der Waals surface area contributed by atoms with Crippen LogP contribution < -0.4 is 5.32 Å². The van der Waals surface area contributed by atoms with E-state index in [1.165, 1.54) is 0 Å². The van der Waals surface area contributed by atoms with Gasteiger partial charge in [-0.15, -0.1) is 12.4 Å². The second-order valence-corrected chi connectivity index (χ2v) is 7.63. The lowest BCUT2D eigenvalue weighted by Crippen LogP contribution is -2.41. The van der Waals surface area contributed by atoms with Crippen LogP contribution in [0.15, 0.2) is 36.5 Å². The minimum Gasteiger partial charge on any atom is -0.318 e. The van der Waals surface area contributed by atoms with E-state index in [1.807, 2.05) is 37.4 Å². The molecule has 7 heteroatoms. The molecule has 126 valence electrons. The summed E-state index contributed by atoms with van der Waals surface area (Å²) >= 11 is 0. The number of nitrogens with one attached hydrogen (secondary N) is 1. The largest absolute Gasteiger partial charge is 0.318 e. The van der Waals surface area contributed by atoms with Crippen molar-refractivity contribution in [3.05, 3.63) is 42.1 Å². The average molecular weight is 356 g/mol.